The maximum Gasteiger partial charge on any atom is 0.0645 e. The number of thiol groups is 2. The van der Waals surface area contributed by atoms with Crippen LogP contribution in [0.2, 0.25) is 0 Å². The van der Waals surface area contributed by atoms with Gasteiger partial charge >= 0.3 is 0 Å². The van der Waals surface area contributed by atoms with E-state index in [9.17, 15) is 0 Å². The summed E-state index contributed by atoms with van der Waals surface area (Å²) >= 11 is 8.93. The number of hydrogen-bond acceptors (Lipinski definition) is 4. The second-order valence-electron chi connectivity index (χ2n) is 1.56. The molecule has 0 aromatic heterocycles. The van der Waals surface area contributed by atoms with Crippen LogP contribution < -0.4 is 0 Å². The van der Waals surface area contributed by atoms with Crippen molar-refractivity contribution < 1.29 is 0 Å². The molecular weight excluding hydrogens is 214 g/mol. The molecule has 3 rings (SSSR count). The monoisotopic (exact) mass is 218 g/mol. The molecule has 3 aliphatic rings. The number of hydrogen-bond donors (Lipinski definition) is 2. The normalized spacial score (nSPS) is 60.8. The molecule has 2 bridgehead atoms. The molecule has 0 unspecified atom stereocenters. The fraction of sp³-hybridized carbons (Fsp3) is 1.00. The molecule has 0 radical (unpaired) electrons. The SMILES string of the molecule is SC1P2SSP1C2S. The first kappa shape index (κ1) is 6.94. The summed E-state index contributed by atoms with van der Waals surface area (Å²) in [5, 5.41) is 0. The van der Waals surface area contributed by atoms with Crippen LogP contribution in [0.4, 0.5) is 0 Å². The van der Waals surface area contributed by atoms with Crippen LogP contribution >= 0.6 is 60.3 Å². The molecule has 3 heterocycles. The molecular formula is C2H4P2S4. The van der Waals surface area contributed by atoms with E-state index in [1.54, 1.807) is 0 Å². The predicted octanol–water partition coefficient (Wildman–Crippen LogP) is 3.62. The van der Waals surface area contributed by atoms with Gasteiger partial charge in [0.1, 0.15) is 0 Å². The molecule has 0 N–H and O–H groups in total. The molecule has 3 saturated heterocycles. The molecule has 3 fully saturated rings. The summed E-state index contributed by atoms with van der Waals surface area (Å²) < 4.78 is 1.52. The third-order valence-corrected chi connectivity index (χ3v) is 22.3. The summed E-state index contributed by atoms with van der Waals surface area (Å²) in [7, 11) is 4.48. The van der Waals surface area contributed by atoms with Crippen molar-refractivity contribution in [3.8, 4) is 0 Å². The van der Waals surface area contributed by atoms with E-state index in [0.717, 1.165) is 9.46 Å². The van der Waals surface area contributed by atoms with Gasteiger partial charge < -0.3 is 0 Å². The summed E-state index contributed by atoms with van der Waals surface area (Å²) in [6, 6.07) is 0. The Balaban J connectivity index is 2.15. The standard InChI is InChI=1S/C2H4P2S4/c5-1-3-2(6)4(1)8-7-3/h1-2,5-6H. The Labute approximate surface area is 69.5 Å². The van der Waals surface area contributed by atoms with Gasteiger partial charge in [-0.15, -0.1) is 0 Å². The maximum atomic E-state index is 4.46. The first-order valence-corrected chi connectivity index (χ1v) is 9.43. The van der Waals surface area contributed by atoms with Crippen LogP contribution in [0.25, 0.3) is 0 Å². The highest BCUT2D eigenvalue weighted by Gasteiger charge is 2.54. The van der Waals surface area contributed by atoms with Gasteiger partial charge in [-0.3, -0.25) is 0 Å². The van der Waals surface area contributed by atoms with E-state index in [-0.39, 0.29) is 14.2 Å². The summed E-state index contributed by atoms with van der Waals surface area (Å²) in [6.07, 6.45) is 0. The largest absolute Gasteiger partial charge is 0.165 e. The van der Waals surface area contributed by atoms with Gasteiger partial charge in [-0.05, 0) is 0 Å². The van der Waals surface area contributed by atoms with Gasteiger partial charge in [-0.2, -0.15) is 25.3 Å². The van der Waals surface area contributed by atoms with Crippen LogP contribution in [0.15, 0.2) is 0 Å². The fourth-order valence-electron chi connectivity index (χ4n) is 0.624. The minimum Gasteiger partial charge on any atom is -0.165 e. The van der Waals surface area contributed by atoms with Gasteiger partial charge in [0.25, 0.3) is 0 Å². The molecule has 0 aromatic carbocycles. The van der Waals surface area contributed by atoms with Crippen LogP contribution in [-0.2, 0) is 0 Å². The van der Waals surface area contributed by atoms with Crippen LogP contribution in [0.3, 0.4) is 0 Å². The molecule has 8 heavy (non-hydrogen) atoms. The summed E-state index contributed by atoms with van der Waals surface area (Å²) in [4.78, 5) is 0. The van der Waals surface area contributed by atoms with Gasteiger partial charge in [0.2, 0.25) is 0 Å². The lowest BCUT2D eigenvalue weighted by molar-refractivity contribution is 1.76. The zero-order chi connectivity index (χ0) is 5.72. The third kappa shape index (κ3) is 0.805. The lowest BCUT2D eigenvalue weighted by Crippen LogP contribution is -2.07. The van der Waals surface area contributed by atoms with Gasteiger partial charge in [-0.1, -0.05) is 20.8 Å². The molecule has 0 saturated carbocycles. The van der Waals surface area contributed by atoms with E-state index in [1.165, 1.54) is 0 Å². The van der Waals surface area contributed by atoms with Crippen LogP contribution in [0.1, 0.15) is 0 Å². The highest BCUT2D eigenvalue weighted by Crippen LogP contribution is 3.02. The minimum absolute atomic E-state index is 0.193. The van der Waals surface area contributed by atoms with Crippen LogP contribution in [0, 0.1) is 0 Å². The molecule has 0 aliphatic carbocycles. The van der Waals surface area contributed by atoms with Crippen molar-refractivity contribution in [1.82, 2.24) is 0 Å². The Morgan fingerprint density at radius 1 is 1.00 bits per heavy atom. The van der Waals surface area contributed by atoms with Crippen molar-refractivity contribution in [2.45, 2.75) is 9.46 Å². The molecule has 0 amide bonds. The Bertz CT molecular complexity index is 96.6. The van der Waals surface area contributed by atoms with Crippen molar-refractivity contribution in [1.29, 1.82) is 0 Å². The van der Waals surface area contributed by atoms with E-state index in [1.807, 2.05) is 20.8 Å². The second-order valence-corrected chi connectivity index (χ2v) is 14.9. The van der Waals surface area contributed by atoms with E-state index in [4.69, 9.17) is 0 Å². The van der Waals surface area contributed by atoms with E-state index in [2.05, 4.69) is 25.3 Å². The topological polar surface area (TPSA) is 0 Å². The average molecular weight is 218 g/mol. The van der Waals surface area contributed by atoms with Gasteiger partial charge in [0, 0.05) is 14.2 Å². The first-order chi connectivity index (χ1) is 3.80. The van der Waals surface area contributed by atoms with E-state index >= 15 is 0 Å². The predicted molar refractivity (Wildman–Crippen MR) is 54.6 cm³/mol. The highest BCUT2D eigenvalue weighted by atomic mass is 33.5. The molecule has 0 spiro atoms. The van der Waals surface area contributed by atoms with Gasteiger partial charge in [-0.25, -0.2) is 0 Å². The summed E-state index contributed by atoms with van der Waals surface area (Å²) in [5.74, 6) is 0. The fourth-order valence-corrected chi connectivity index (χ4v) is 30.2. The molecule has 46 valence electrons. The second kappa shape index (κ2) is 2.39. The van der Waals surface area contributed by atoms with Crippen LogP contribution in [0.5, 0.6) is 0 Å². The maximum absolute atomic E-state index is 4.46. The van der Waals surface area contributed by atoms with Gasteiger partial charge in [0.05, 0.1) is 9.46 Å². The van der Waals surface area contributed by atoms with Crippen molar-refractivity contribution in [2.24, 2.45) is 0 Å². The summed E-state index contributed by atoms with van der Waals surface area (Å²) in [5.41, 5.74) is 0. The highest BCUT2D eigenvalue weighted by molar-refractivity contribution is 9.21. The van der Waals surface area contributed by atoms with Crippen molar-refractivity contribution in [3.63, 3.8) is 0 Å². The Kier molecular flexibility index (Phi) is 2.07. The van der Waals surface area contributed by atoms with Crippen molar-refractivity contribution in [2.75, 3.05) is 0 Å². The van der Waals surface area contributed by atoms with E-state index < -0.39 is 0 Å². The quantitative estimate of drug-likeness (QED) is 0.362. The number of fused-ring (bicyclic) bond motifs is 1. The molecule has 6 heteroatoms. The third-order valence-electron chi connectivity index (χ3n) is 1.12. The zero-order valence-corrected chi connectivity index (χ0v) is 8.97. The Morgan fingerprint density at radius 2 is 1.38 bits per heavy atom. The smallest absolute Gasteiger partial charge is 0.0645 e. The first-order valence-electron chi connectivity index (χ1n) is 2.08. The molecule has 3 aliphatic heterocycles. The van der Waals surface area contributed by atoms with Gasteiger partial charge in [0.15, 0.2) is 0 Å². The summed E-state index contributed by atoms with van der Waals surface area (Å²) in [6.45, 7) is 0. The number of rotatable bonds is 0. The van der Waals surface area contributed by atoms with Crippen molar-refractivity contribution >= 4 is 60.3 Å². The molecule has 0 atom stereocenters. The average Bonchev–Trinajstić information content (AvgIpc) is 2.26. The zero-order valence-electron chi connectivity index (χ0n) is 3.76. The lowest BCUT2D eigenvalue weighted by Gasteiger charge is -2.35. The molecule has 0 nitrogen and oxygen atoms in total. The lowest BCUT2D eigenvalue weighted by atomic mass is 11.8. The minimum atomic E-state index is 0.193. The molecule has 0 aromatic rings. The van der Waals surface area contributed by atoms with E-state index in [0.29, 0.717) is 0 Å². The Hall–Kier alpha value is 2.26. The van der Waals surface area contributed by atoms with Crippen molar-refractivity contribution in [3.05, 3.63) is 0 Å². The Morgan fingerprint density at radius 3 is 1.50 bits per heavy atom. The van der Waals surface area contributed by atoms with Crippen LogP contribution in [-0.4, -0.2) is 9.46 Å².